The smallest absolute Gasteiger partial charge is 0.251 e. The molecule has 2 aliphatic rings. The monoisotopic (exact) mass is 468 g/mol. The summed E-state index contributed by atoms with van der Waals surface area (Å²) in [6, 6.07) is 15.6. The topological polar surface area (TPSA) is 84.0 Å². The average Bonchev–Trinajstić information content (AvgIpc) is 3.49. The molecule has 2 aromatic heterocycles. The van der Waals surface area contributed by atoms with E-state index >= 15 is 0 Å². The lowest BCUT2D eigenvalue weighted by molar-refractivity contribution is -0.120. The maximum Gasteiger partial charge on any atom is 0.251 e. The molecule has 180 valence electrons. The molecule has 0 radical (unpaired) electrons. The number of nitrogens with one attached hydrogen (secondary N) is 2. The third-order valence-corrected chi connectivity index (χ3v) is 7.87. The molecule has 35 heavy (non-hydrogen) atoms. The molecule has 2 atom stereocenters. The fourth-order valence-electron chi connectivity index (χ4n) is 5.56. The molecule has 0 spiro atoms. The van der Waals surface area contributed by atoms with Crippen molar-refractivity contribution >= 4 is 17.6 Å². The number of fused-ring (bicyclic) bond motifs is 1. The number of aryl methyl sites for hydroxylation is 1. The lowest BCUT2D eigenvalue weighted by Crippen LogP contribution is -2.36. The Hall–Kier alpha value is -3.54. The first-order chi connectivity index (χ1) is 16.9. The molecule has 2 N–H and O–H groups in total. The normalized spacial score (nSPS) is 20.4. The Bertz CT molecular complexity index is 1260. The van der Waals surface area contributed by atoms with Gasteiger partial charge in [-0.15, -0.1) is 0 Å². The highest BCUT2D eigenvalue weighted by atomic mass is 16.2. The Labute approximate surface area is 206 Å². The first-order valence-electron chi connectivity index (χ1n) is 12.5. The Morgan fingerprint density at radius 1 is 1.17 bits per heavy atom. The van der Waals surface area contributed by atoms with Crippen LogP contribution in [0.5, 0.6) is 0 Å². The zero-order valence-electron chi connectivity index (χ0n) is 20.6. The second-order valence-electron chi connectivity index (χ2n) is 10.1. The highest BCUT2D eigenvalue weighted by Gasteiger charge is 2.47. The van der Waals surface area contributed by atoms with E-state index in [4.69, 9.17) is 4.98 Å². The Balaban J connectivity index is 1.27. The number of benzene rings is 1. The second kappa shape index (κ2) is 9.25. The van der Waals surface area contributed by atoms with E-state index in [9.17, 15) is 9.59 Å². The van der Waals surface area contributed by atoms with E-state index in [0.29, 0.717) is 23.8 Å². The van der Waals surface area contributed by atoms with Crippen LogP contribution in [0.15, 0.2) is 54.7 Å². The molecular formula is C29H32N4O2. The molecule has 1 aromatic carbocycles. The molecular weight excluding hydrogens is 436 g/mol. The maximum absolute atomic E-state index is 12.9. The number of hydrogen-bond acceptors (Lipinski definition) is 4. The summed E-state index contributed by atoms with van der Waals surface area (Å²) < 4.78 is 0. The molecule has 6 nitrogen and oxygen atoms in total. The van der Waals surface area contributed by atoms with Crippen molar-refractivity contribution in [3.8, 4) is 0 Å². The van der Waals surface area contributed by atoms with Gasteiger partial charge in [-0.05, 0) is 74.1 Å². The minimum Gasteiger partial charge on any atom is -0.348 e. The molecule has 3 aromatic rings. The van der Waals surface area contributed by atoms with Gasteiger partial charge in [0.25, 0.3) is 5.91 Å². The van der Waals surface area contributed by atoms with Crippen molar-refractivity contribution in [3.05, 3.63) is 88.4 Å². The van der Waals surface area contributed by atoms with Crippen LogP contribution >= 0.6 is 0 Å². The van der Waals surface area contributed by atoms with Crippen LogP contribution in [0.4, 0.5) is 5.82 Å². The van der Waals surface area contributed by atoms with Crippen molar-refractivity contribution < 1.29 is 9.59 Å². The van der Waals surface area contributed by atoms with Gasteiger partial charge < -0.3 is 10.6 Å². The fourth-order valence-corrected chi connectivity index (χ4v) is 5.56. The second-order valence-corrected chi connectivity index (χ2v) is 10.1. The Morgan fingerprint density at radius 3 is 2.66 bits per heavy atom. The number of amides is 2. The van der Waals surface area contributed by atoms with Gasteiger partial charge in [0.15, 0.2) is 0 Å². The van der Waals surface area contributed by atoms with Crippen LogP contribution in [0.25, 0.3) is 0 Å². The largest absolute Gasteiger partial charge is 0.348 e. The Morgan fingerprint density at radius 2 is 1.91 bits per heavy atom. The standard InChI is InChI=1S/C29H32N4O2/c1-18-15-20(16-25(32-18)22-7-4-5-8-22)17-31-27(34)23-12-10-21(11-13-23)19(2)29(3)24-9-6-14-30-26(24)33-28(29)35/h6,9-16,19,22H,4-5,7-8,17H2,1-3H3,(H,31,34)(H,30,33,35)/t19?,29-/m1/s1. The number of nitrogens with zero attached hydrogens (tertiary/aromatic N) is 2. The molecule has 1 aliphatic carbocycles. The molecule has 1 aliphatic heterocycles. The van der Waals surface area contributed by atoms with Crippen LogP contribution in [0.2, 0.25) is 0 Å². The van der Waals surface area contributed by atoms with Gasteiger partial charge >= 0.3 is 0 Å². The molecule has 1 unspecified atom stereocenters. The summed E-state index contributed by atoms with van der Waals surface area (Å²) in [5.41, 5.74) is 5.04. The first-order valence-corrected chi connectivity index (χ1v) is 12.5. The van der Waals surface area contributed by atoms with E-state index in [0.717, 1.165) is 28.1 Å². The minimum atomic E-state index is -0.719. The lowest BCUT2D eigenvalue weighted by atomic mass is 9.71. The van der Waals surface area contributed by atoms with Crippen LogP contribution in [-0.4, -0.2) is 21.8 Å². The number of pyridine rings is 2. The molecule has 5 rings (SSSR count). The van der Waals surface area contributed by atoms with Crippen molar-refractivity contribution in [2.75, 3.05) is 5.32 Å². The third kappa shape index (κ3) is 4.33. The quantitative estimate of drug-likeness (QED) is 0.508. The number of rotatable bonds is 6. The van der Waals surface area contributed by atoms with E-state index in [-0.39, 0.29) is 17.7 Å². The number of aromatic nitrogens is 2. The van der Waals surface area contributed by atoms with E-state index in [1.54, 1.807) is 6.20 Å². The summed E-state index contributed by atoms with van der Waals surface area (Å²) in [7, 11) is 0. The predicted octanol–water partition coefficient (Wildman–Crippen LogP) is 5.39. The van der Waals surface area contributed by atoms with E-state index < -0.39 is 5.41 Å². The summed E-state index contributed by atoms with van der Waals surface area (Å²) in [6.45, 7) is 6.49. The van der Waals surface area contributed by atoms with Crippen molar-refractivity contribution in [2.24, 2.45) is 0 Å². The van der Waals surface area contributed by atoms with Gasteiger partial charge in [-0.2, -0.15) is 0 Å². The zero-order chi connectivity index (χ0) is 24.6. The zero-order valence-corrected chi connectivity index (χ0v) is 20.6. The molecule has 2 amide bonds. The summed E-state index contributed by atoms with van der Waals surface area (Å²) in [5, 5.41) is 5.96. The number of anilines is 1. The van der Waals surface area contributed by atoms with Crippen LogP contribution in [0.3, 0.4) is 0 Å². The van der Waals surface area contributed by atoms with Crippen molar-refractivity contribution in [1.82, 2.24) is 15.3 Å². The minimum absolute atomic E-state index is 0.0508. The Kier molecular flexibility index (Phi) is 6.13. The lowest BCUT2D eigenvalue weighted by Gasteiger charge is -2.30. The first kappa shape index (κ1) is 23.2. The fraction of sp³-hybridized carbons (Fsp3) is 0.379. The summed E-state index contributed by atoms with van der Waals surface area (Å²) >= 11 is 0. The van der Waals surface area contributed by atoms with E-state index in [1.807, 2.05) is 63.2 Å². The van der Waals surface area contributed by atoms with Gasteiger partial charge in [-0.25, -0.2) is 4.98 Å². The van der Waals surface area contributed by atoms with Crippen LogP contribution < -0.4 is 10.6 Å². The number of hydrogen-bond donors (Lipinski definition) is 2. The van der Waals surface area contributed by atoms with Gasteiger partial charge in [0.2, 0.25) is 5.91 Å². The van der Waals surface area contributed by atoms with Gasteiger partial charge in [-0.3, -0.25) is 14.6 Å². The third-order valence-electron chi connectivity index (χ3n) is 7.87. The summed E-state index contributed by atoms with van der Waals surface area (Å²) in [6.07, 6.45) is 6.64. The van der Waals surface area contributed by atoms with E-state index in [1.165, 1.54) is 25.7 Å². The molecule has 6 heteroatoms. The number of carbonyl (C=O) groups excluding carboxylic acids is 2. The predicted molar refractivity (Wildman–Crippen MR) is 136 cm³/mol. The average molecular weight is 469 g/mol. The maximum atomic E-state index is 12.9. The van der Waals surface area contributed by atoms with E-state index in [2.05, 4.69) is 21.7 Å². The molecule has 0 saturated heterocycles. The molecule has 1 saturated carbocycles. The van der Waals surface area contributed by atoms with Crippen LogP contribution in [0.1, 0.15) is 89.8 Å². The highest BCUT2D eigenvalue weighted by Crippen LogP contribution is 2.45. The van der Waals surface area contributed by atoms with Crippen molar-refractivity contribution in [3.63, 3.8) is 0 Å². The molecule has 3 heterocycles. The van der Waals surface area contributed by atoms with Crippen LogP contribution in [0, 0.1) is 6.92 Å². The van der Waals surface area contributed by atoms with Gasteiger partial charge in [0.05, 0.1) is 5.41 Å². The van der Waals surface area contributed by atoms with Crippen molar-refractivity contribution in [2.45, 2.75) is 70.3 Å². The molecule has 1 fully saturated rings. The summed E-state index contributed by atoms with van der Waals surface area (Å²) in [4.78, 5) is 34.8. The number of carbonyl (C=O) groups is 2. The van der Waals surface area contributed by atoms with Crippen LogP contribution in [-0.2, 0) is 16.8 Å². The highest BCUT2D eigenvalue weighted by molar-refractivity contribution is 6.05. The molecule has 0 bridgehead atoms. The van der Waals surface area contributed by atoms with Gasteiger partial charge in [-0.1, -0.05) is 38.0 Å². The van der Waals surface area contributed by atoms with Gasteiger partial charge in [0.1, 0.15) is 5.82 Å². The summed E-state index contributed by atoms with van der Waals surface area (Å²) in [5.74, 6) is 0.931. The SMILES string of the molecule is Cc1cc(CNC(=O)c2ccc(C(C)[C@@]3(C)C(=O)Nc4ncccc43)cc2)cc(C2CCCC2)n1. The van der Waals surface area contributed by atoms with Crippen molar-refractivity contribution in [1.29, 1.82) is 0 Å². The van der Waals surface area contributed by atoms with Gasteiger partial charge in [0, 0.05) is 41.2 Å².